The van der Waals surface area contributed by atoms with Gasteiger partial charge in [-0.2, -0.15) is 13.2 Å². The van der Waals surface area contributed by atoms with E-state index in [1.807, 2.05) is 6.92 Å². The molecule has 0 aliphatic heterocycles. The predicted molar refractivity (Wildman–Crippen MR) is 72.1 cm³/mol. The van der Waals surface area contributed by atoms with Crippen molar-refractivity contribution in [3.8, 4) is 0 Å². The Kier molecular flexibility index (Phi) is 6.41. The lowest BCUT2D eigenvalue weighted by atomic mass is 10.2. The van der Waals surface area contributed by atoms with Crippen molar-refractivity contribution in [3.05, 3.63) is 24.0 Å². The van der Waals surface area contributed by atoms with E-state index in [1.165, 1.54) is 18.5 Å². The minimum Gasteiger partial charge on any atom is -0.395 e. The van der Waals surface area contributed by atoms with Crippen molar-refractivity contribution in [2.75, 3.05) is 31.6 Å². The maximum Gasteiger partial charge on any atom is 0.406 e. The van der Waals surface area contributed by atoms with Crippen LogP contribution in [0.25, 0.3) is 0 Å². The van der Waals surface area contributed by atoms with Gasteiger partial charge in [-0.1, -0.05) is 6.92 Å². The molecule has 5 nitrogen and oxygen atoms in total. The van der Waals surface area contributed by atoms with E-state index < -0.39 is 25.2 Å². The molecule has 8 heteroatoms. The Morgan fingerprint density at radius 1 is 1.48 bits per heavy atom. The summed E-state index contributed by atoms with van der Waals surface area (Å²) in [6, 6.07) is 1.36. The lowest BCUT2D eigenvalue weighted by Crippen LogP contribution is -2.41. The highest BCUT2D eigenvalue weighted by Crippen LogP contribution is 2.21. The number of halogens is 3. The fourth-order valence-electron chi connectivity index (χ4n) is 1.74. The van der Waals surface area contributed by atoms with Crippen molar-refractivity contribution in [2.45, 2.75) is 19.5 Å². The molecule has 1 amide bonds. The molecule has 0 aliphatic rings. The molecule has 0 radical (unpaired) electrons. The number of carbonyl (C=O) groups is 1. The van der Waals surface area contributed by atoms with Gasteiger partial charge in [-0.15, -0.1) is 0 Å². The van der Waals surface area contributed by atoms with Gasteiger partial charge in [0.25, 0.3) is 5.91 Å². The molecule has 2 N–H and O–H groups in total. The Morgan fingerprint density at radius 2 is 2.19 bits per heavy atom. The normalized spacial score (nSPS) is 11.3. The predicted octanol–water partition coefficient (Wildman–Crippen LogP) is 1.90. The van der Waals surface area contributed by atoms with Gasteiger partial charge in [0.2, 0.25) is 0 Å². The molecule has 1 aromatic heterocycles. The first-order valence-corrected chi connectivity index (χ1v) is 6.53. The van der Waals surface area contributed by atoms with Crippen LogP contribution in [0.4, 0.5) is 18.9 Å². The Bertz CT molecular complexity index is 466. The third-order valence-electron chi connectivity index (χ3n) is 2.64. The Morgan fingerprint density at radius 3 is 2.76 bits per heavy atom. The maximum atomic E-state index is 12.5. The van der Waals surface area contributed by atoms with Crippen LogP contribution in [0.5, 0.6) is 0 Å². The number of aliphatic hydroxyl groups is 1. The number of nitrogens with one attached hydrogen (secondary N) is 1. The van der Waals surface area contributed by atoms with Gasteiger partial charge in [0, 0.05) is 19.3 Å². The Labute approximate surface area is 120 Å². The Hall–Kier alpha value is -1.83. The largest absolute Gasteiger partial charge is 0.406 e. The molecule has 0 aromatic carbocycles. The summed E-state index contributed by atoms with van der Waals surface area (Å²) in [6.45, 7) is 0.179. The van der Waals surface area contributed by atoms with Crippen molar-refractivity contribution in [2.24, 2.45) is 0 Å². The molecule has 0 fully saturated rings. The molecule has 0 aliphatic carbocycles. The number of amides is 1. The number of aliphatic hydroxyl groups excluding tert-OH is 1. The lowest BCUT2D eigenvalue weighted by molar-refractivity contribution is -0.141. The molecule has 0 unspecified atom stereocenters. The molecular weight excluding hydrogens is 287 g/mol. The van der Waals surface area contributed by atoms with Gasteiger partial charge in [-0.3, -0.25) is 9.78 Å². The van der Waals surface area contributed by atoms with Crippen molar-refractivity contribution in [1.82, 2.24) is 9.88 Å². The highest BCUT2D eigenvalue weighted by atomic mass is 19.4. The molecule has 1 heterocycles. The molecular formula is C13H18F3N3O2. The molecule has 21 heavy (non-hydrogen) atoms. The topological polar surface area (TPSA) is 65.5 Å². The van der Waals surface area contributed by atoms with E-state index in [-0.39, 0.29) is 12.1 Å². The standard InChI is InChI=1S/C13H18F3N3O2/c1-2-4-18-11-8-17-5-3-10(11)12(21)19(6-7-20)9-13(14,15)16/h3,5,8,18,20H,2,4,6-7,9H2,1H3. The second-order valence-electron chi connectivity index (χ2n) is 4.41. The summed E-state index contributed by atoms with van der Waals surface area (Å²) >= 11 is 0. The summed E-state index contributed by atoms with van der Waals surface area (Å²) in [6.07, 6.45) is -0.983. The van der Waals surface area contributed by atoms with Crippen LogP contribution in [0.3, 0.4) is 0 Å². The van der Waals surface area contributed by atoms with Crippen molar-refractivity contribution in [3.63, 3.8) is 0 Å². The minimum atomic E-state index is -4.52. The highest BCUT2D eigenvalue weighted by molar-refractivity contribution is 5.99. The number of anilines is 1. The summed E-state index contributed by atoms with van der Waals surface area (Å²) in [5.41, 5.74) is 0.491. The van der Waals surface area contributed by atoms with Gasteiger partial charge in [-0.05, 0) is 12.5 Å². The number of carbonyl (C=O) groups excluding carboxylic acids is 1. The number of hydrogen-bond acceptors (Lipinski definition) is 4. The number of pyridine rings is 1. The highest BCUT2D eigenvalue weighted by Gasteiger charge is 2.33. The monoisotopic (exact) mass is 305 g/mol. The van der Waals surface area contributed by atoms with E-state index in [9.17, 15) is 18.0 Å². The molecule has 0 spiro atoms. The van der Waals surface area contributed by atoms with Gasteiger partial charge in [-0.25, -0.2) is 0 Å². The second-order valence-corrected chi connectivity index (χ2v) is 4.41. The molecule has 1 aromatic rings. The van der Waals surface area contributed by atoms with Crippen LogP contribution in [0.1, 0.15) is 23.7 Å². The summed E-state index contributed by atoms with van der Waals surface area (Å²) in [7, 11) is 0. The van der Waals surface area contributed by atoms with Crippen LogP contribution in [0, 0.1) is 0 Å². The van der Waals surface area contributed by atoms with Gasteiger partial charge < -0.3 is 15.3 Å². The zero-order valence-corrected chi connectivity index (χ0v) is 11.7. The number of aromatic nitrogens is 1. The van der Waals surface area contributed by atoms with Crippen molar-refractivity contribution < 1.29 is 23.1 Å². The number of rotatable bonds is 7. The zero-order chi connectivity index (χ0) is 15.9. The quantitative estimate of drug-likeness (QED) is 0.807. The van der Waals surface area contributed by atoms with Gasteiger partial charge in [0.15, 0.2) is 0 Å². The van der Waals surface area contributed by atoms with Crippen molar-refractivity contribution in [1.29, 1.82) is 0 Å². The van der Waals surface area contributed by atoms with E-state index in [0.717, 1.165) is 6.42 Å². The average molecular weight is 305 g/mol. The first kappa shape index (κ1) is 17.2. The third kappa shape index (κ3) is 5.58. The van der Waals surface area contributed by atoms with Crippen LogP contribution in [-0.2, 0) is 0 Å². The minimum absolute atomic E-state index is 0.108. The average Bonchev–Trinajstić information content (AvgIpc) is 2.43. The van der Waals surface area contributed by atoms with Crippen molar-refractivity contribution >= 4 is 11.6 Å². The SMILES string of the molecule is CCCNc1cnccc1C(=O)N(CCO)CC(F)(F)F. The van der Waals surface area contributed by atoms with Crippen LogP contribution in [0.15, 0.2) is 18.5 Å². The summed E-state index contributed by atoms with van der Waals surface area (Å²) in [5, 5.41) is 11.8. The number of hydrogen-bond donors (Lipinski definition) is 2. The molecule has 0 bridgehead atoms. The van der Waals surface area contributed by atoms with E-state index in [2.05, 4.69) is 10.3 Å². The molecule has 118 valence electrons. The molecule has 0 saturated heterocycles. The van der Waals surface area contributed by atoms with E-state index >= 15 is 0 Å². The molecule has 0 saturated carbocycles. The van der Waals surface area contributed by atoms with E-state index in [4.69, 9.17) is 5.11 Å². The molecule has 0 atom stereocenters. The van der Waals surface area contributed by atoms with E-state index in [0.29, 0.717) is 17.1 Å². The number of nitrogens with zero attached hydrogens (tertiary/aromatic N) is 2. The fourth-order valence-corrected chi connectivity index (χ4v) is 1.74. The van der Waals surface area contributed by atoms with E-state index in [1.54, 1.807) is 0 Å². The Balaban J connectivity index is 2.97. The van der Waals surface area contributed by atoms with Crippen LogP contribution in [0.2, 0.25) is 0 Å². The lowest BCUT2D eigenvalue weighted by Gasteiger charge is -2.24. The third-order valence-corrected chi connectivity index (χ3v) is 2.64. The van der Waals surface area contributed by atoms with Crippen LogP contribution in [-0.4, -0.2) is 53.3 Å². The van der Waals surface area contributed by atoms with Crippen LogP contribution < -0.4 is 5.32 Å². The van der Waals surface area contributed by atoms with Gasteiger partial charge >= 0.3 is 6.18 Å². The number of alkyl halides is 3. The van der Waals surface area contributed by atoms with Crippen LogP contribution >= 0.6 is 0 Å². The van der Waals surface area contributed by atoms with Gasteiger partial charge in [0.05, 0.1) is 24.1 Å². The first-order chi connectivity index (χ1) is 9.89. The molecule has 1 rings (SSSR count). The van der Waals surface area contributed by atoms with Gasteiger partial charge in [0.1, 0.15) is 6.54 Å². The maximum absolute atomic E-state index is 12.5. The summed E-state index contributed by atoms with van der Waals surface area (Å²) in [5.74, 6) is -0.789. The zero-order valence-electron chi connectivity index (χ0n) is 11.7. The fraction of sp³-hybridized carbons (Fsp3) is 0.538. The smallest absolute Gasteiger partial charge is 0.395 e. The first-order valence-electron chi connectivity index (χ1n) is 6.53. The summed E-state index contributed by atoms with van der Waals surface area (Å²) < 4.78 is 37.5. The second kappa shape index (κ2) is 7.82. The summed E-state index contributed by atoms with van der Waals surface area (Å²) in [4.78, 5) is 16.7.